The van der Waals surface area contributed by atoms with Crippen LogP contribution in [0.5, 0.6) is 5.75 Å². The molecule has 2 aromatic carbocycles. The highest BCUT2D eigenvalue weighted by Gasteiger charge is 2.14. The lowest BCUT2D eigenvalue weighted by molar-refractivity contribution is -0.136. The Morgan fingerprint density at radius 3 is 2.47 bits per heavy atom. The number of furan rings is 1. The number of nitrogens with zero attached hydrogens (tertiary/aromatic N) is 1. The average molecular weight is 434 g/mol. The predicted molar refractivity (Wildman–Crippen MR) is 123 cm³/mol. The van der Waals surface area contributed by atoms with E-state index in [0.29, 0.717) is 30.9 Å². The van der Waals surface area contributed by atoms with Crippen molar-refractivity contribution < 1.29 is 23.8 Å². The van der Waals surface area contributed by atoms with Crippen molar-refractivity contribution in [2.45, 2.75) is 26.3 Å². The number of para-hydroxylation sites is 1. The number of rotatable bonds is 10. The molecule has 0 atom stereocenters. The van der Waals surface area contributed by atoms with Crippen LogP contribution in [0.15, 0.2) is 83.0 Å². The Morgan fingerprint density at radius 1 is 1.03 bits per heavy atom. The molecular formula is C26H27NO5. The molecule has 1 N–H and O–H groups in total. The summed E-state index contributed by atoms with van der Waals surface area (Å²) >= 11 is 0. The Balaban J connectivity index is 1.61. The SMILES string of the molecule is C/C(=C\COc1ccccc1CN(C)C(=O)c1ccc(-c2ccco2)cc1)CCC(=O)O. The quantitative estimate of drug-likeness (QED) is 0.433. The van der Waals surface area contributed by atoms with Crippen LogP contribution >= 0.6 is 0 Å². The molecule has 0 radical (unpaired) electrons. The summed E-state index contributed by atoms with van der Waals surface area (Å²) in [5.41, 5.74) is 3.38. The molecule has 0 aliphatic rings. The highest BCUT2D eigenvalue weighted by Crippen LogP contribution is 2.23. The monoisotopic (exact) mass is 433 g/mol. The summed E-state index contributed by atoms with van der Waals surface area (Å²) in [4.78, 5) is 25.2. The van der Waals surface area contributed by atoms with Gasteiger partial charge in [-0.05, 0) is 49.8 Å². The lowest BCUT2D eigenvalue weighted by Gasteiger charge is -2.19. The van der Waals surface area contributed by atoms with Crippen molar-refractivity contribution >= 4 is 11.9 Å². The molecule has 166 valence electrons. The molecule has 6 heteroatoms. The second kappa shape index (κ2) is 11.0. The fourth-order valence-corrected chi connectivity index (χ4v) is 3.22. The zero-order chi connectivity index (χ0) is 22.9. The van der Waals surface area contributed by atoms with Crippen molar-refractivity contribution in [3.8, 4) is 17.1 Å². The van der Waals surface area contributed by atoms with Gasteiger partial charge in [0.2, 0.25) is 0 Å². The van der Waals surface area contributed by atoms with Gasteiger partial charge in [-0.2, -0.15) is 0 Å². The van der Waals surface area contributed by atoms with Crippen molar-refractivity contribution in [3.05, 3.63) is 89.7 Å². The average Bonchev–Trinajstić information content (AvgIpc) is 3.33. The third-order valence-electron chi connectivity index (χ3n) is 5.07. The topological polar surface area (TPSA) is 80.0 Å². The Morgan fingerprint density at radius 2 is 1.78 bits per heavy atom. The summed E-state index contributed by atoms with van der Waals surface area (Å²) < 4.78 is 11.3. The number of benzene rings is 2. The fraction of sp³-hybridized carbons (Fsp3) is 0.231. The minimum absolute atomic E-state index is 0.0878. The molecule has 1 heterocycles. The minimum Gasteiger partial charge on any atom is -0.489 e. The van der Waals surface area contributed by atoms with Gasteiger partial charge < -0.3 is 19.2 Å². The molecule has 0 unspecified atom stereocenters. The normalized spacial score (nSPS) is 11.2. The first-order valence-corrected chi connectivity index (χ1v) is 10.4. The fourth-order valence-electron chi connectivity index (χ4n) is 3.22. The summed E-state index contributed by atoms with van der Waals surface area (Å²) in [5, 5.41) is 8.78. The summed E-state index contributed by atoms with van der Waals surface area (Å²) in [5.74, 6) is 0.556. The van der Waals surface area contributed by atoms with Gasteiger partial charge in [-0.3, -0.25) is 9.59 Å². The third-order valence-corrected chi connectivity index (χ3v) is 5.07. The first kappa shape index (κ1) is 22.9. The molecule has 0 aliphatic carbocycles. The maximum absolute atomic E-state index is 12.9. The van der Waals surface area contributed by atoms with Gasteiger partial charge in [0, 0.05) is 36.7 Å². The number of amides is 1. The van der Waals surface area contributed by atoms with Crippen LogP contribution in [0.2, 0.25) is 0 Å². The van der Waals surface area contributed by atoms with Gasteiger partial charge in [0.1, 0.15) is 18.1 Å². The molecule has 32 heavy (non-hydrogen) atoms. The van der Waals surface area contributed by atoms with E-state index in [9.17, 15) is 9.59 Å². The van der Waals surface area contributed by atoms with E-state index in [4.69, 9.17) is 14.3 Å². The summed E-state index contributed by atoms with van der Waals surface area (Å²) in [7, 11) is 1.76. The number of carboxylic acids is 1. The number of allylic oxidation sites excluding steroid dienone is 1. The van der Waals surface area contributed by atoms with Crippen LogP contribution in [-0.2, 0) is 11.3 Å². The molecule has 3 aromatic rings. The molecule has 0 aliphatic heterocycles. The molecule has 0 bridgehead atoms. The lowest BCUT2D eigenvalue weighted by atomic mass is 10.1. The number of carbonyl (C=O) groups is 2. The smallest absolute Gasteiger partial charge is 0.303 e. The van der Waals surface area contributed by atoms with E-state index in [1.54, 1.807) is 30.3 Å². The molecule has 1 amide bonds. The molecular weight excluding hydrogens is 406 g/mol. The standard InChI is InChI=1S/C26H27NO5/c1-19(9-14-25(28)29)15-17-32-24-7-4-3-6-22(24)18-27(2)26(30)21-12-10-20(11-13-21)23-8-5-16-31-23/h3-8,10-13,15-16H,9,14,17-18H2,1-2H3,(H,28,29)/b19-15+. The van der Waals surface area contributed by atoms with E-state index in [0.717, 1.165) is 22.5 Å². The Kier molecular flexibility index (Phi) is 7.86. The van der Waals surface area contributed by atoms with Crippen molar-refractivity contribution in [1.29, 1.82) is 0 Å². The molecule has 0 fully saturated rings. The number of ether oxygens (including phenoxy) is 1. The maximum Gasteiger partial charge on any atom is 0.303 e. The van der Waals surface area contributed by atoms with E-state index >= 15 is 0 Å². The van der Waals surface area contributed by atoms with Crippen LogP contribution in [0.25, 0.3) is 11.3 Å². The van der Waals surface area contributed by atoms with E-state index in [1.165, 1.54) is 0 Å². The van der Waals surface area contributed by atoms with Gasteiger partial charge in [0.15, 0.2) is 0 Å². The highest BCUT2D eigenvalue weighted by molar-refractivity contribution is 5.94. The molecule has 0 spiro atoms. The van der Waals surface area contributed by atoms with Crippen LogP contribution in [-0.4, -0.2) is 35.5 Å². The van der Waals surface area contributed by atoms with Crippen molar-refractivity contribution in [2.24, 2.45) is 0 Å². The van der Waals surface area contributed by atoms with Crippen molar-refractivity contribution in [2.75, 3.05) is 13.7 Å². The lowest BCUT2D eigenvalue weighted by Crippen LogP contribution is -2.26. The number of hydrogen-bond acceptors (Lipinski definition) is 4. The minimum atomic E-state index is -0.813. The van der Waals surface area contributed by atoms with Gasteiger partial charge in [-0.1, -0.05) is 35.9 Å². The maximum atomic E-state index is 12.9. The Hall–Kier alpha value is -3.80. The largest absolute Gasteiger partial charge is 0.489 e. The summed E-state index contributed by atoms with van der Waals surface area (Å²) in [6.07, 6.45) is 4.11. The van der Waals surface area contributed by atoms with Gasteiger partial charge in [0.25, 0.3) is 5.91 Å². The van der Waals surface area contributed by atoms with Crippen LogP contribution in [0.3, 0.4) is 0 Å². The highest BCUT2D eigenvalue weighted by atomic mass is 16.5. The number of carbonyl (C=O) groups excluding carboxylic acids is 1. The second-order valence-corrected chi connectivity index (χ2v) is 7.58. The number of hydrogen-bond donors (Lipinski definition) is 1. The molecule has 0 saturated carbocycles. The van der Waals surface area contributed by atoms with E-state index in [-0.39, 0.29) is 12.3 Å². The molecule has 6 nitrogen and oxygen atoms in total. The van der Waals surface area contributed by atoms with Crippen LogP contribution in [0.4, 0.5) is 0 Å². The molecule has 1 aromatic heterocycles. The predicted octanol–water partition coefficient (Wildman–Crippen LogP) is 5.41. The van der Waals surface area contributed by atoms with E-state index < -0.39 is 5.97 Å². The van der Waals surface area contributed by atoms with E-state index in [1.807, 2.05) is 61.5 Å². The van der Waals surface area contributed by atoms with Crippen LogP contribution in [0.1, 0.15) is 35.7 Å². The molecule has 3 rings (SSSR count). The van der Waals surface area contributed by atoms with Crippen LogP contribution in [0, 0.1) is 0 Å². The second-order valence-electron chi connectivity index (χ2n) is 7.58. The van der Waals surface area contributed by atoms with Gasteiger partial charge in [-0.25, -0.2) is 0 Å². The molecule has 0 saturated heterocycles. The summed E-state index contributed by atoms with van der Waals surface area (Å²) in [6, 6.07) is 18.6. The van der Waals surface area contributed by atoms with Crippen LogP contribution < -0.4 is 4.74 Å². The van der Waals surface area contributed by atoms with Gasteiger partial charge >= 0.3 is 5.97 Å². The Bertz CT molecular complexity index is 1070. The van der Waals surface area contributed by atoms with Crippen molar-refractivity contribution in [1.82, 2.24) is 4.90 Å². The summed E-state index contributed by atoms with van der Waals surface area (Å²) in [6.45, 7) is 2.63. The first-order valence-electron chi connectivity index (χ1n) is 10.4. The Labute approximate surface area is 187 Å². The number of aliphatic carboxylic acids is 1. The zero-order valence-electron chi connectivity index (χ0n) is 18.3. The van der Waals surface area contributed by atoms with E-state index in [2.05, 4.69) is 0 Å². The first-order chi connectivity index (χ1) is 15.4. The van der Waals surface area contributed by atoms with Gasteiger partial charge in [-0.15, -0.1) is 0 Å². The zero-order valence-corrected chi connectivity index (χ0v) is 18.3. The van der Waals surface area contributed by atoms with Crippen molar-refractivity contribution in [3.63, 3.8) is 0 Å². The number of carboxylic acid groups (broad SMARTS) is 1. The third kappa shape index (κ3) is 6.35. The van der Waals surface area contributed by atoms with Gasteiger partial charge in [0.05, 0.1) is 6.26 Å².